The second kappa shape index (κ2) is 4.61. The maximum absolute atomic E-state index is 11.0. The summed E-state index contributed by atoms with van der Waals surface area (Å²) in [6, 6.07) is 4.76. The summed E-state index contributed by atoms with van der Waals surface area (Å²) >= 11 is 4.64. The molecule has 0 aliphatic rings. The number of nitrogens with one attached hydrogen (secondary N) is 1. The molecule has 0 bridgehead atoms. The van der Waals surface area contributed by atoms with Gasteiger partial charge in [0, 0.05) is 0 Å². The maximum atomic E-state index is 11.0. The molecule has 0 aliphatic heterocycles. The summed E-state index contributed by atoms with van der Waals surface area (Å²) in [6.07, 6.45) is 0. The molecule has 80 valence electrons. The minimum absolute atomic E-state index is 0.00533. The Labute approximate surface area is 91.8 Å². The van der Waals surface area contributed by atoms with Crippen molar-refractivity contribution in [3.63, 3.8) is 0 Å². The van der Waals surface area contributed by atoms with Crippen molar-refractivity contribution in [1.29, 1.82) is 0 Å². The molecular formula is C9H10N2O3S. The van der Waals surface area contributed by atoms with Gasteiger partial charge in [0.05, 0.1) is 12.8 Å². The summed E-state index contributed by atoms with van der Waals surface area (Å²) < 4.78 is 4.92. The van der Waals surface area contributed by atoms with E-state index in [4.69, 9.17) is 15.6 Å². The number of hydrogen-bond donors (Lipinski definition) is 3. The number of methoxy groups -OCH3 is 1. The predicted molar refractivity (Wildman–Crippen MR) is 60.4 cm³/mol. The Bertz CT molecular complexity index is 406. The van der Waals surface area contributed by atoms with Crippen LogP contribution >= 0.6 is 12.2 Å². The predicted octanol–water partition coefficient (Wildman–Crippen LogP) is 1.05. The maximum Gasteiger partial charge on any atom is 0.341 e. The van der Waals surface area contributed by atoms with E-state index < -0.39 is 5.97 Å². The number of aromatic carboxylic acids is 1. The summed E-state index contributed by atoms with van der Waals surface area (Å²) in [7, 11) is 1.40. The van der Waals surface area contributed by atoms with Gasteiger partial charge in [0.2, 0.25) is 0 Å². The summed E-state index contributed by atoms with van der Waals surface area (Å²) in [5.74, 6) is -0.852. The third kappa shape index (κ3) is 2.57. The Morgan fingerprint density at radius 2 is 2.27 bits per heavy atom. The lowest BCUT2D eigenvalue weighted by Crippen LogP contribution is -2.20. The number of nitrogens with two attached hydrogens (primary N) is 1. The molecular weight excluding hydrogens is 216 g/mol. The smallest absolute Gasteiger partial charge is 0.341 e. The van der Waals surface area contributed by atoms with Gasteiger partial charge >= 0.3 is 5.97 Å². The Morgan fingerprint density at radius 1 is 1.60 bits per heavy atom. The van der Waals surface area contributed by atoms with Crippen molar-refractivity contribution >= 4 is 29.0 Å². The molecule has 0 saturated carbocycles. The molecule has 6 heteroatoms. The van der Waals surface area contributed by atoms with Crippen LogP contribution in [0.2, 0.25) is 0 Å². The number of carboxylic acid groups (broad SMARTS) is 1. The first-order valence-electron chi connectivity index (χ1n) is 4.03. The van der Waals surface area contributed by atoms with E-state index >= 15 is 0 Å². The number of thiocarbonyl (C=S) groups is 1. The van der Waals surface area contributed by atoms with Crippen molar-refractivity contribution < 1.29 is 14.6 Å². The highest BCUT2D eigenvalue weighted by molar-refractivity contribution is 7.80. The zero-order chi connectivity index (χ0) is 11.4. The van der Waals surface area contributed by atoms with Gasteiger partial charge in [-0.15, -0.1) is 0 Å². The number of anilines is 1. The van der Waals surface area contributed by atoms with E-state index in [1.165, 1.54) is 7.11 Å². The quantitative estimate of drug-likeness (QED) is 0.668. The molecule has 0 heterocycles. The Kier molecular flexibility index (Phi) is 3.46. The first kappa shape index (κ1) is 11.3. The van der Waals surface area contributed by atoms with Crippen LogP contribution in [0, 0.1) is 0 Å². The molecule has 15 heavy (non-hydrogen) atoms. The van der Waals surface area contributed by atoms with Crippen LogP contribution in [0.5, 0.6) is 5.75 Å². The monoisotopic (exact) mass is 226 g/mol. The van der Waals surface area contributed by atoms with Crippen molar-refractivity contribution in [2.45, 2.75) is 0 Å². The van der Waals surface area contributed by atoms with E-state index in [0.717, 1.165) is 0 Å². The second-order valence-corrected chi connectivity index (χ2v) is 3.12. The SMILES string of the molecule is COc1cccc(NC(N)=S)c1C(=O)O. The van der Waals surface area contributed by atoms with E-state index in [-0.39, 0.29) is 16.4 Å². The standard InChI is InChI=1S/C9H10N2O3S/c1-14-6-4-2-3-5(11-9(10)15)7(6)8(12)13/h2-4H,1H3,(H,12,13)(H3,10,11,15). The van der Waals surface area contributed by atoms with Gasteiger partial charge in [-0.1, -0.05) is 6.07 Å². The lowest BCUT2D eigenvalue weighted by molar-refractivity contribution is 0.0694. The first-order chi connectivity index (χ1) is 7.06. The fraction of sp³-hybridized carbons (Fsp3) is 0.111. The number of hydrogen-bond acceptors (Lipinski definition) is 3. The molecule has 1 aromatic rings. The van der Waals surface area contributed by atoms with E-state index in [1.54, 1.807) is 18.2 Å². The zero-order valence-corrected chi connectivity index (χ0v) is 8.80. The van der Waals surface area contributed by atoms with E-state index in [1.807, 2.05) is 0 Å². The molecule has 0 aliphatic carbocycles. The fourth-order valence-corrected chi connectivity index (χ4v) is 1.27. The van der Waals surface area contributed by atoms with Gasteiger partial charge in [-0.2, -0.15) is 0 Å². The number of carbonyl (C=O) groups is 1. The molecule has 0 saturated heterocycles. The summed E-state index contributed by atoms with van der Waals surface area (Å²) in [5, 5.41) is 11.6. The van der Waals surface area contributed by atoms with Gasteiger partial charge in [-0.3, -0.25) is 0 Å². The van der Waals surface area contributed by atoms with E-state index in [2.05, 4.69) is 17.5 Å². The van der Waals surface area contributed by atoms with Gasteiger partial charge in [-0.05, 0) is 24.4 Å². The van der Waals surface area contributed by atoms with Crippen molar-refractivity contribution in [2.75, 3.05) is 12.4 Å². The average molecular weight is 226 g/mol. The van der Waals surface area contributed by atoms with Crippen molar-refractivity contribution in [3.8, 4) is 5.75 Å². The minimum Gasteiger partial charge on any atom is -0.496 e. The minimum atomic E-state index is -1.11. The molecule has 0 radical (unpaired) electrons. The molecule has 0 atom stereocenters. The van der Waals surface area contributed by atoms with Crippen molar-refractivity contribution in [3.05, 3.63) is 23.8 Å². The molecule has 0 aromatic heterocycles. The van der Waals surface area contributed by atoms with Gasteiger partial charge in [0.15, 0.2) is 5.11 Å². The normalized spacial score (nSPS) is 9.40. The Morgan fingerprint density at radius 3 is 2.73 bits per heavy atom. The topological polar surface area (TPSA) is 84.6 Å². The number of benzene rings is 1. The highest BCUT2D eigenvalue weighted by Gasteiger charge is 2.16. The molecule has 1 aromatic carbocycles. The molecule has 0 fully saturated rings. The van der Waals surface area contributed by atoms with Crippen LogP contribution in [0.25, 0.3) is 0 Å². The lowest BCUT2D eigenvalue weighted by atomic mass is 10.1. The van der Waals surface area contributed by atoms with Gasteiger partial charge in [0.25, 0.3) is 0 Å². The molecule has 5 nitrogen and oxygen atoms in total. The van der Waals surface area contributed by atoms with Crippen LogP contribution in [0.4, 0.5) is 5.69 Å². The summed E-state index contributed by atoms with van der Waals surface area (Å²) in [4.78, 5) is 11.0. The van der Waals surface area contributed by atoms with Crippen LogP contribution < -0.4 is 15.8 Å². The van der Waals surface area contributed by atoms with Crippen molar-refractivity contribution in [2.24, 2.45) is 5.73 Å². The van der Waals surface area contributed by atoms with E-state index in [0.29, 0.717) is 5.69 Å². The summed E-state index contributed by atoms with van der Waals surface area (Å²) in [5.41, 5.74) is 5.59. The van der Waals surface area contributed by atoms with Crippen LogP contribution in [-0.4, -0.2) is 23.3 Å². The molecule has 1 rings (SSSR count). The second-order valence-electron chi connectivity index (χ2n) is 2.68. The summed E-state index contributed by atoms with van der Waals surface area (Å²) in [6.45, 7) is 0. The molecule has 0 amide bonds. The molecule has 0 unspecified atom stereocenters. The van der Waals surface area contributed by atoms with Crippen LogP contribution in [0.15, 0.2) is 18.2 Å². The Hall–Kier alpha value is -1.82. The van der Waals surface area contributed by atoms with Crippen molar-refractivity contribution in [1.82, 2.24) is 0 Å². The highest BCUT2D eigenvalue weighted by Crippen LogP contribution is 2.26. The van der Waals surface area contributed by atoms with Gasteiger partial charge in [0.1, 0.15) is 11.3 Å². The zero-order valence-electron chi connectivity index (χ0n) is 7.98. The third-order valence-corrected chi connectivity index (χ3v) is 1.82. The third-order valence-electron chi connectivity index (χ3n) is 1.72. The van der Waals surface area contributed by atoms with E-state index in [9.17, 15) is 4.79 Å². The number of rotatable bonds is 3. The fourth-order valence-electron chi connectivity index (χ4n) is 1.16. The molecule has 4 N–H and O–H groups in total. The van der Waals surface area contributed by atoms with Crippen LogP contribution in [0.1, 0.15) is 10.4 Å². The van der Waals surface area contributed by atoms with Crippen LogP contribution in [-0.2, 0) is 0 Å². The largest absolute Gasteiger partial charge is 0.496 e. The number of carboxylic acids is 1. The van der Waals surface area contributed by atoms with Gasteiger partial charge in [-0.25, -0.2) is 4.79 Å². The average Bonchev–Trinajstić information content (AvgIpc) is 2.15. The Balaban J connectivity index is 3.25. The highest BCUT2D eigenvalue weighted by atomic mass is 32.1. The first-order valence-corrected chi connectivity index (χ1v) is 4.44. The number of ether oxygens (including phenoxy) is 1. The molecule has 0 spiro atoms. The van der Waals surface area contributed by atoms with Crippen LogP contribution in [0.3, 0.4) is 0 Å². The van der Waals surface area contributed by atoms with Gasteiger partial charge < -0.3 is 20.9 Å². The lowest BCUT2D eigenvalue weighted by Gasteiger charge is -2.10.